The molecule has 0 saturated heterocycles. The van der Waals surface area contributed by atoms with Crippen molar-refractivity contribution in [3.63, 3.8) is 0 Å². The van der Waals surface area contributed by atoms with Crippen LogP contribution in [0.3, 0.4) is 0 Å². The normalized spacial score (nSPS) is 12.4. The molecule has 0 aliphatic carbocycles. The number of nitrogens with zero attached hydrogens (tertiary/aromatic N) is 1. The van der Waals surface area contributed by atoms with Gasteiger partial charge in [0.05, 0.1) is 5.56 Å². The standard InChI is InChI=1S/C17H27NO2/c1-4-5-7-12-16(13-14-18(2)3)20-17(19)15-10-8-6-9-11-15/h6,8-11,16H,4-5,7,12-14H2,1-3H3. The van der Waals surface area contributed by atoms with Crippen molar-refractivity contribution in [1.82, 2.24) is 4.90 Å². The van der Waals surface area contributed by atoms with Crippen molar-refractivity contribution in [3.05, 3.63) is 35.9 Å². The van der Waals surface area contributed by atoms with Crippen LogP contribution in [-0.2, 0) is 4.74 Å². The van der Waals surface area contributed by atoms with E-state index in [0.29, 0.717) is 5.56 Å². The van der Waals surface area contributed by atoms with Crippen molar-refractivity contribution in [1.29, 1.82) is 0 Å². The summed E-state index contributed by atoms with van der Waals surface area (Å²) in [6, 6.07) is 9.24. The zero-order chi connectivity index (χ0) is 14.8. The Bertz CT molecular complexity index is 376. The van der Waals surface area contributed by atoms with E-state index < -0.39 is 0 Å². The van der Waals surface area contributed by atoms with Gasteiger partial charge in [-0.2, -0.15) is 0 Å². The lowest BCUT2D eigenvalue weighted by Crippen LogP contribution is -2.24. The maximum absolute atomic E-state index is 12.1. The molecular weight excluding hydrogens is 250 g/mol. The molecule has 1 aromatic carbocycles. The summed E-state index contributed by atoms with van der Waals surface area (Å²) >= 11 is 0. The van der Waals surface area contributed by atoms with Crippen LogP contribution < -0.4 is 0 Å². The molecule has 0 aromatic heterocycles. The van der Waals surface area contributed by atoms with E-state index in [2.05, 4.69) is 11.8 Å². The summed E-state index contributed by atoms with van der Waals surface area (Å²) in [6.07, 6.45) is 5.39. The van der Waals surface area contributed by atoms with E-state index in [1.54, 1.807) is 12.1 Å². The van der Waals surface area contributed by atoms with Crippen LogP contribution >= 0.6 is 0 Å². The quantitative estimate of drug-likeness (QED) is 0.508. The van der Waals surface area contributed by atoms with Gasteiger partial charge in [-0.25, -0.2) is 4.79 Å². The van der Waals surface area contributed by atoms with E-state index in [0.717, 1.165) is 25.8 Å². The zero-order valence-electron chi connectivity index (χ0n) is 13.0. The molecule has 1 aromatic rings. The molecule has 0 radical (unpaired) electrons. The van der Waals surface area contributed by atoms with E-state index in [-0.39, 0.29) is 12.1 Å². The predicted octanol–water partition coefficient (Wildman–Crippen LogP) is 3.74. The molecule has 0 saturated carbocycles. The molecule has 1 unspecified atom stereocenters. The fraction of sp³-hybridized carbons (Fsp3) is 0.588. The second kappa shape index (κ2) is 9.54. The summed E-state index contributed by atoms with van der Waals surface area (Å²) < 4.78 is 5.67. The van der Waals surface area contributed by atoms with E-state index in [1.165, 1.54) is 12.8 Å². The lowest BCUT2D eigenvalue weighted by Gasteiger charge is -2.20. The van der Waals surface area contributed by atoms with Gasteiger partial charge in [0.15, 0.2) is 0 Å². The maximum Gasteiger partial charge on any atom is 0.338 e. The molecule has 0 fully saturated rings. The molecule has 1 rings (SSSR count). The van der Waals surface area contributed by atoms with E-state index in [9.17, 15) is 4.79 Å². The van der Waals surface area contributed by atoms with Crippen molar-refractivity contribution in [3.8, 4) is 0 Å². The van der Waals surface area contributed by atoms with Crippen molar-refractivity contribution in [2.45, 2.75) is 45.1 Å². The number of benzene rings is 1. The predicted molar refractivity (Wildman–Crippen MR) is 83.0 cm³/mol. The molecule has 0 N–H and O–H groups in total. The molecule has 3 nitrogen and oxygen atoms in total. The Morgan fingerprint density at radius 3 is 2.45 bits per heavy atom. The summed E-state index contributed by atoms with van der Waals surface area (Å²) in [5.41, 5.74) is 0.637. The van der Waals surface area contributed by atoms with Crippen LogP contribution in [0.15, 0.2) is 30.3 Å². The number of carbonyl (C=O) groups is 1. The number of ether oxygens (including phenoxy) is 1. The third kappa shape index (κ3) is 6.71. The summed E-state index contributed by atoms with van der Waals surface area (Å²) in [5.74, 6) is -0.203. The smallest absolute Gasteiger partial charge is 0.338 e. The number of unbranched alkanes of at least 4 members (excludes halogenated alkanes) is 2. The van der Waals surface area contributed by atoms with Crippen LogP contribution in [0.25, 0.3) is 0 Å². The topological polar surface area (TPSA) is 29.5 Å². The number of hydrogen-bond donors (Lipinski definition) is 0. The average molecular weight is 277 g/mol. The minimum Gasteiger partial charge on any atom is -0.459 e. The summed E-state index contributed by atoms with van der Waals surface area (Å²) in [4.78, 5) is 14.2. The van der Waals surface area contributed by atoms with Crippen LogP contribution in [0.4, 0.5) is 0 Å². The van der Waals surface area contributed by atoms with Gasteiger partial charge in [-0.05, 0) is 45.5 Å². The van der Waals surface area contributed by atoms with Gasteiger partial charge in [0.1, 0.15) is 6.10 Å². The second-order valence-electron chi connectivity index (χ2n) is 5.48. The Kier molecular flexibility index (Phi) is 7.97. The first-order chi connectivity index (χ1) is 9.63. The largest absolute Gasteiger partial charge is 0.459 e. The van der Waals surface area contributed by atoms with Gasteiger partial charge in [0.2, 0.25) is 0 Å². The highest BCUT2D eigenvalue weighted by molar-refractivity contribution is 5.89. The van der Waals surface area contributed by atoms with Gasteiger partial charge in [0, 0.05) is 6.54 Å². The summed E-state index contributed by atoms with van der Waals surface area (Å²) in [5, 5.41) is 0. The molecule has 0 amide bonds. The van der Waals surface area contributed by atoms with Gasteiger partial charge in [-0.15, -0.1) is 0 Å². The number of carbonyl (C=O) groups excluding carboxylic acids is 1. The van der Waals surface area contributed by atoms with Crippen molar-refractivity contribution >= 4 is 5.97 Å². The number of hydrogen-bond acceptors (Lipinski definition) is 3. The Morgan fingerprint density at radius 1 is 1.15 bits per heavy atom. The van der Waals surface area contributed by atoms with E-state index in [4.69, 9.17) is 4.74 Å². The van der Waals surface area contributed by atoms with Gasteiger partial charge >= 0.3 is 5.97 Å². The lowest BCUT2D eigenvalue weighted by molar-refractivity contribution is 0.0240. The van der Waals surface area contributed by atoms with Crippen molar-refractivity contribution in [2.75, 3.05) is 20.6 Å². The fourth-order valence-electron chi connectivity index (χ4n) is 2.08. The highest BCUT2D eigenvalue weighted by Crippen LogP contribution is 2.13. The SMILES string of the molecule is CCCCCC(CCN(C)C)OC(=O)c1ccccc1. The molecular formula is C17H27NO2. The molecule has 0 bridgehead atoms. The molecule has 3 heteroatoms. The molecule has 0 aliphatic rings. The first-order valence-electron chi connectivity index (χ1n) is 7.54. The van der Waals surface area contributed by atoms with Gasteiger partial charge < -0.3 is 9.64 Å². The monoisotopic (exact) mass is 277 g/mol. The Labute approximate surface area is 122 Å². The minimum absolute atomic E-state index is 0.0247. The first kappa shape index (κ1) is 16.7. The summed E-state index contributed by atoms with van der Waals surface area (Å²) in [7, 11) is 4.09. The third-order valence-electron chi connectivity index (χ3n) is 3.31. The molecule has 0 spiro atoms. The fourth-order valence-corrected chi connectivity index (χ4v) is 2.08. The van der Waals surface area contributed by atoms with Crippen LogP contribution in [0.2, 0.25) is 0 Å². The van der Waals surface area contributed by atoms with Gasteiger partial charge in [-0.3, -0.25) is 0 Å². The molecule has 112 valence electrons. The van der Waals surface area contributed by atoms with E-state index >= 15 is 0 Å². The van der Waals surface area contributed by atoms with Gasteiger partial charge in [0.25, 0.3) is 0 Å². The van der Waals surface area contributed by atoms with Crippen LogP contribution in [0.5, 0.6) is 0 Å². The van der Waals surface area contributed by atoms with E-state index in [1.807, 2.05) is 32.3 Å². The third-order valence-corrected chi connectivity index (χ3v) is 3.31. The second-order valence-corrected chi connectivity index (χ2v) is 5.48. The van der Waals surface area contributed by atoms with Gasteiger partial charge in [-0.1, -0.05) is 38.0 Å². The Balaban J connectivity index is 2.51. The first-order valence-corrected chi connectivity index (χ1v) is 7.54. The highest BCUT2D eigenvalue weighted by atomic mass is 16.5. The summed E-state index contributed by atoms with van der Waals surface area (Å²) in [6.45, 7) is 3.13. The van der Waals surface area contributed by atoms with Crippen LogP contribution in [0.1, 0.15) is 49.4 Å². The molecule has 1 atom stereocenters. The average Bonchev–Trinajstić information content (AvgIpc) is 2.45. The Morgan fingerprint density at radius 2 is 1.85 bits per heavy atom. The number of rotatable bonds is 9. The minimum atomic E-state index is -0.203. The van der Waals surface area contributed by atoms with Crippen molar-refractivity contribution < 1.29 is 9.53 Å². The maximum atomic E-state index is 12.1. The van der Waals surface area contributed by atoms with Crippen LogP contribution in [0, 0.1) is 0 Å². The number of esters is 1. The van der Waals surface area contributed by atoms with Crippen LogP contribution in [-0.4, -0.2) is 37.6 Å². The van der Waals surface area contributed by atoms with Crippen molar-refractivity contribution in [2.24, 2.45) is 0 Å². The molecule has 20 heavy (non-hydrogen) atoms. The molecule has 0 aliphatic heterocycles. The Hall–Kier alpha value is -1.35. The highest BCUT2D eigenvalue weighted by Gasteiger charge is 2.15. The lowest BCUT2D eigenvalue weighted by atomic mass is 10.1. The zero-order valence-corrected chi connectivity index (χ0v) is 13.0. The molecule has 0 heterocycles.